The van der Waals surface area contributed by atoms with E-state index in [-0.39, 0.29) is 91.7 Å². The van der Waals surface area contributed by atoms with Crippen LogP contribution in [0.25, 0.3) is 0 Å². The number of rotatable bonds is 4. The van der Waals surface area contributed by atoms with Crippen molar-refractivity contribution in [1.29, 1.82) is 0 Å². The molecule has 12 nitrogen and oxygen atoms in total. The van der Waals surface area contributed by atoms with Gasteiger partial charge in [0.05, 0.1) is 80.2 Å². The minimum absolute atomic E-state index is 0.000362. The fourth-order valence-electron chi connectivity index (χ4n) is 11.4. The molecule has 12 heteroatoms. The fourth-order valence-corrected chi connectivity index (χ4v) is 11.4. The summed E-state index contributed by atoms with van der Waals surface area (Å²) in [5, 5.41) is 20.0. The lowest BCUT2D eigenvalue weighted by atomic mass is 9.70. The zero-order valence-electron chi connectivity index (χ0n) is 30.7. The second-order valence-corrected chi connectivity index (χ2v) is 17.4. The maximum atomic E-state index is 13.8. The van der Waals surface area contributed by atoms with Gasteiger partial charge in [-0.3, -0.25) is 4.79 Å². The molecule has 52 heavy (non-hydrogen) atoms. The van der Waals surface area contributed by atoms with Crippen molar-refractivity contribution in [3.63, 3.8) is 0 Å². The molecule has 9 saturated heterocycles. The van der Waals surface area contributed by atoms with Crippen LogP contribution in [0.4, 0.5) is 0 Å². The van der Waals surface area contributed by atoms with E-state index < -0.39 is 42.9 Å². The zero-order valence-corrected chi connectivity index (χ0v) is 30.7. The summed E-state index contributed by atoms with van der Waals surface area (Å²) in [6, 6.07) is 0. The van der Waals surface area contributed by atoms with Crippen LogP contribution in [0.5, 0.6) is 0 Å². The molecule has 290 valence electrons. The summed E-state index contributed by atoms with van der Waals surface area (Å²) in [5.74, 6) is -0.279. The van der Waals surface area contributed by atoms with Crippen LogP contribution in [0.2, 0.25) is 0 Å². The van der Waals surface area contributed by atoms with E-state index in [1.54, 1.807) is 7.11 Å². The predicted octanol–water partition coefficient (Wildman–Crippen LogP) is 3.68. The van der Waals surface area contributed by atoms with Crippen LogP contribution in [-0.2, 0) is 47.4 Å². The highest BCUT2D eigenvalue weighted by Gasteiger charge is 2.67. The first kappa shape index (κ1) is 36.2. The third kappa shape index (κ3) is 6.54. The van der Waals surface area contributed by atoms with Gasteiger partial charge >= 0.3 is 5.97 Å². The average Bonchev–Trinajstić information content (AvgIpc) is 3.79. The molecule has 10 fully saturated rings. The van der Waals surface area contributed by atoms with E-state index >= 15 is 0 Å². The molecule has 10 rings (SSSR count). The first-order chi connectivity index (χ1) is 25.1. The summed E-state index contributed by atoms with van der Waals surface area (Å²) < 4.78 is 59.5. The van der Waals surface area contributed by atoms with E-state index in [9.17, 15) is 15.0 Å². The summed E-state index contributed by atoms with van der Waals surface area (Å²) in [5.41, 5.74) is 2.13. The van der Waals surface area contributed by atoms with Gasteiger partial charge in [0.25, 0.3) is 0 Å². The number of esters is 1. The minimum atomic E-state index is -0.995. The van der Waals surface area contributed by atoms with E-state index in [1.807, 2.05) is 0 Å². The largest absolute Gasteiger partial charge is 0.457 e. The van der Waals surface area contributed by atoms with Crippen molar-refractivity contribution in [1.82, 2.24) is 0 Å². The van der Waals surface area contributed by atoms with E-state index in [4.69, 9.17) is 42.6 Å². The highest BCUT2D eigenvalue weighted by molar-refractivity contribution is 5.70. The lowest BCUT2D eigenvalue weighted by molar-refractivity contribution is -0.281. The summed E-state index contributed by atoms with van der Waals surface area (Å²) in [7, 11) is 1.56. The van der Waals surface area contributed by atoms with Crippen molar-refractivity contribution >= 4 is 5.97 Å². The van der Waals surface area contributed by atoms with E-state index in [0.717, 1.165) is 75.4 Å². The predicted molar refractivity (Wildman–Crippen MR) is 184 cm³/mol. The van der Waals surface area contributed by atoms with Gasteiger partial charge in [-0.2, -0.15) is 0 Å². The smallest absolute Gasteiger partial charge is 0.308 e. The molecular formula is C40H58O12. The molecule has 1 saturated carbocycles. The van der Waals surface area contributed by atoms with Crippen LogP contribution >= 0.6 is 0 Å². The number of carbonyl (C=O) groups excluding carboxylic acids is 1. The van der Waals surface area contributed by atoms with E-state index in [0.29, 0.717) is 12.3 Å². The van der Waals surface area contributed by atoms with Gasteiger partial charge < -0.3 is 52.8 Å². The van der Waals surface area contributed by atoms with Gasteiger partial charge in [0, 0.05) is 38.7 Å². The zero-order chi connectivity index (χ0) is 35.9. The fraction of sp³-hybridized carbons (Fsp3) is 0.875. The van der Waals surface area contributed by atoms with Crippen LogP contribution in [0.1, 0.15) is 90.4 Å². The Hall–Kier alpha value is -1.45. The maximum Gasteiger partial charge on any atom is 0.308 e. The topological polar surface area (TPSA) is 141 Å². The molecule has 0 radical (unpaired) electrons. The number of hydrogen-bond donors (Lipinski definition) is 2. The number of carbonyl (C=O) groups is 1. The van der Waals surface area contributed by atoms with Crippen molar-refractivity contribution < 1.29 is 57.6 Å². The first-order valence-electron chi connectivity index (χ1n) is 20.1. The molecular weight excluding hydrogens is 672 g/mol. The Morgan fingerprint density at radius 2 is 1.62 bits per heavy atom. The monoisotopic (exact) mass is 730 g/mol. The Balaban J connectivity index is 0.994. The Labute approximate surface area is 306 Å². The maximum absolute atomic E-state index is 13.8. The Morgan fingerprint density at radius 1 is 0.827 bits per heavy atom. The lowest BCUT2D eigenvalue weighted by Crippen LogP contribution is -2.56. The van der Waals surface area contributed by atoms with E-state index in [2.05, 4.69) is 20.1 Å². The van der Waals surface area contributed by atoms with Crippen LogP contribution < -0.4 is 0 Å². The Morgan fingerprint density at radius 3 is 2.44 bits per heavy atom. The van der Waals surface area contributed by atoms with Gasteiger partial charge in [-0.15, -0.1) is 0 Å². The third-order valence-corrected chi connectivity index (χ3v) is 14.1. The van der Waals surface area contributed by atoms with Gasteiger partial charge in [-0.1, -0.05) is 20.1 Å². The second kappa shape index (κ2) is 14.2. The molecule has 9 heterocycles. The first-order valence-corrected chi connectivity index (χ1v) is 20.1. The number of aliphatic hydroxyl groups is 2. The molecule has 0 aromatic carbocycles. The van der Waals surface area contributed by atoms with Crippen molar-refractivity contribution in [2.24, 2.45) is 17.8 Å². The number of fused-ring (bicyclic) bond motifs is 6. The number of methoxy groups -OCH3 is 1. The van der Waals surface area contributed by atoms with Crippen molar-refractivity contribution in [3.8, 4) is 0 Å². The molecule has 0 amide bonds. The molecule has 19 atom stereocenters. The molecule has 12 bridgehead atoms. The van der Waals surface area contributed by atoms with Crippen LogP contribution in [0, 0.1) is 17.8 Å². The van der Waals surface area contributed by atoms with Gasteiger partial charge in [0.15, 0.2) is 11.9 Å². The molecule has 1 aliphatic carbocycles. The van der Waals surface area contributed by atoms with Crippen LogP contribution in [-0.4, -0.2) is 127 Å². The summed E-state index contributed by atoms with van der Waals surface area (Å²) in [4.78, 5) is 13.8. The SMILES string of the molecule is C=C1C[C@@H]2CC[C@@]34C[C@@H]5O[C@@H]6[C@@H](C[C@H]7CC[C@H](CC(=O)O[C@@H]8[C@@H](OC)[C@@H](C[C@H](O)CO)O[C@H]8C[C@H]8O[C@@H](CC[C@@H]1O2)C[C@@H](C)C8=C)O[C@@H]7[C@@H]6O3)[C@@H]5O4. The highest BCUT2D eigenvalue weighted by Crippen LogP contribution is 2.58. The third-order valence-electron chi connectivity index (χ3n) is 14.1. The summed E-state index contributed by atoms with van der Waals surface area (Å²) >= 11 is 0. The average molecular weight is 731 g/mol. The van der Waals surface area contributed by atoms with Gasteiger partial charge in [0.1, 0.15) is 18.3 Å². The van der Waals surface area contributed by atoms with Gasteiger partial charge in [-0.05, 0) is 74.3 Å². The second-order valence-electron chi connectivity index (χ2n) is 17.4. The molecule has 1 spiro atoms. The van der Waals surface area contributed by atoms with Gasteiger partial charge in [0.2, 0.25) is 0 Å². The molecule has 10 aliphatic rings. The van der Waals surface area contributed by atoms with Gasteiger partial charge in [-0.25, -0.2) is 0 Å². The van der Waals surface area contributed by atoms with Crippen LogP contribution in [0.3, 0.4) is 0 Å². The molecule has 0 aromatic rings. The molecule has 2 N–H and O–H groups in total. The molecule has 9 aliphatic heterocycles. The lowest BCUT2D eigenvalue weighted by Gasteiger charge is -2.47. The van der Waals surface area contributed by atoms with E-state index in [1.165, 1.54) is 0 Å². The van der Waals surface area contributed by atoms with Crippen molar-refractivity contribution in [3.05, 3.63) is 24.3 Å². The minimum Gasteiger partial charge on any atom is -0.457 e. The highest BCUT2D eigenvalue weighted by atomic mass is 16.8. The molecule has 0 unspecified atom stereocenters. The summed E-state index contributed by atoms with van der Waals surface area (Å²) in [6.07, 6.45) is 4.36. The standard InChI is InChI=1S/C40H58O12/c1-19-11-24-7-8-28-20(2)12-26(45-28)9-10-40-17-32-35(51-40)27-13-22-5-6-25(47-34(22)39(52-40)36(27)49-32)15-33(43)50-38-31(16-29(46-24)21(19)3)48-30(37(38)44-4)14-23(42)18-41/h19,22-32,34-39,41-42H,2-3,5-18H2,1,4H3/t19-,22-,23+,24+,25-,26+,27+,28+,29-,30-,31+,32+,34+,35+,36-,37+,38+,39+,40+/m1/s1. The summed E-state index contributed by atoms with van der Waals surface area (Å²) in [6.45, 7) is 10.6. The Kier molecular flexibility index (Phi) is 9.92. The Bertz CT molecular complexity index is 1370. The normalized spacial score (nSPS) is 52.2. The quantitative estimate of drug-likeness (QED) is 0.322. The number of aliphatic hydroxyl groups excluding tert-OH is 2. The van der Waals surface area contributed by atoms with Crippen molar-refractivity contribution in [2.45, 2.75) is 188 Å². The van der Waals surface area contributed by atoms with Crippen molar-refractivity contribution in [2.75, 3.05) is 13.7 Å². The number of ether oxygens (including phenoxy) is 9. The number of hydrogen-bond acceptors (Lipinski definition) is 12. The van der Waals surface area contributed by atoms with Crippen LogP contribution in [0.15, 0.2) is 24.3 Å². The molecule has 0 aromatic heterocycles.